The average Bonchev–Trinajstić information content (AvgIpc) is 2.72. The number of hydrogen-bond donors (Lipinski definition) is 1. The molecule has 21 heavy (non-hydrogen) atoms. The molecule has 2 aliphatic heterocycles. The zero-order valence-electron chi connectivity index (χ0n) is 13.9. The molecule has 0 aromatic heterocycles. The fraction of sp³-hybridized carbons (Fsp3) is 0.941. The first-order valence-corrected chi connectivity index (χ1v) is 8.97. The second-order valence-electron chi connectivity index (χ2n) is 6.91. The number of nitrogens with zero attached hydrogens (tertiary/aromatic N) is 2. The monoisotopic (exact) mass is 295 g/mol. The smallest absolute Gasteiger partial charge is 0.317 e. The van der Waals surface area contributed by atoms with Crippen LogP contribution in [0.4, 0.5) is 4.79 Å². The number of nitrogens with one attached hydrogen (secondary N) is 1. The van der Waals surface area contributed by atoms with Crippen molar-refractivity contribution in [3.63, 3.8) is 0 Å². The van der Waals surface area contributed by atoms with Crippen LogP contribution in [0.3, 0.4) is 0 Å². The molecule has 0 aliphatic carbocycles. The third-order valence-corrected chi connectivity index (χ3v) is 5.01. The van der Waals surface area contributed by atoms with E-state index in [4.69, 9.17) is 0 Å². The van der Waals surface area contributed by atoms with Crippen LogP contribution in [0.25, 0.3) is 0 Å². The van der Waals surface area contributed by atoms with Gasteiger partial charge in [0, 0.05) is 25.7 Å². The van der Waals surface area contributed by atoms with Crippen LogP contribution in [-0.4, -0.2) is 54.6 Å². The summed E-state index contributed by atoms with van der Waals surface area (Å²) in [6.45, 7) is 9.69. The molecule has 2 heterocycles. The topological polar surface area (TPSA) is 35.6 Å². The maximum Gasteiger partial charge on any atom is 0.317 e. The molecular weight excluding hydrogens is 262 g/mol. The molecule has 0 saturated carbocycles. The van der Waals surface area contributed by atoms with E-state index < -0.39 is 0 Å². The third-order valence-electron chi connectivity index (χ3n) is 5.01. The van der Waals surface area contributed by atoms with Crippen molar-refractivity contribution in [1.29, 1.82) is 0 Å². The Labute approximate surface area is 130 Å². The van der Waals surface area contributed by atoms with E-state index in [1.807, 2.05) is 0 Å². The average molecular weight is 295 g/mol. The van der Waals surface area contributed by atoms with E-state index in [1.165, 1.54) is 45.2 Å². The van der Waals surface area contributed by atoms with Gasteiger partial charge in [-0.1, -0.05) is 26.7 Å². The van der Waals surface area contributed by atoms with Gasteiger partial charge in [-0.05, 0) is 51.1 Å². The van der Waals surface area contributed by atoms with Crippen molar-refractivity contribution >= 4 is 6.03 Å². The van der Waals surface area contributed by atoms with Gasteiger partial charge >= 0.3 is 6.03 Å². The van der Waals surface area contributed by atoms with Gasteiger partial charge in [-0.2, -0.15) is 0 Å². The maximum absolute atomic E-state index is 12.4. The van der Waals surface area contributed by atoms with Gasteiger partial charge in [-0.25, -0.2) is 4.79 Å². The lowest BCUT2D eigenvalue weighted by Gasteiger charge is -2.37. The summed E-state index contributed by atoms with van der Waals surface area (Å²) in [5, 5.41) is 3.07. The Morgan fingerprint density at radius 3 is 2.57 bits per heavy atom. The predicted molar refractivity (Wildman–Crippen MR) is 87.5 cm³/mol. The molecule has 4 heteroatoms. The summed E-state index contributed by atoms with van der Waals surface area (Å²) in [5.41, 5.74) is 0. The molecule has 1 N–H and O–H groups in total. The van der Waals surface area contributed by atoms with E-state index in [0.717, 1.165) is 38.4 Å². The number of amides is 2. The van der Waals surface area contributed by atoms with Crippen LogP contribution in [0.2, 0.25) is 0 Å². The Balaban J connectivity index is 1.90. The largest absolute Gasteiger partial charge is 0.338 e. The summed E-state index contributed by atoms with van der Waals surface area (Å²) in [7, 11) is 0. The van der Waals surface area contributed by atoms with Gasteiger partial charge in [0.05, 0.1) is 0 Å². The van der Waals surface area contributed by atoms with Gasteiger partial charge < -0.3 is 15.1 Å². The zero-order chi connectivity index (χ0) is 15.1. The molecule has 4 nitrogen and oxygen atoms in total. The Bertz CT molecular complexity index is 313. The van der Waals surface area contributed by atoms with Crippen LogP contribution in [0, 0.1) is 5.92 Å². The summed E-state index contributed by atoms with van der Waals surface area (Å²) in [4.78, 5) is 17.1. The van der Waals surface area contributed by atoms with Crippen molar-refractivity contribution in [3.05, 3.63) is 0 Å². The van der Waals surface area contributed by atoms with Crippen LogP contribution >= 0.6 is 0 Å². The van der Waals surface area contributed by atoms with Crippen LogP contribution in [0.5, 0.6) is 0 Å². The highest BCUT2D eigenvalue weighted by molar-refractivity contribution is 5.74. The number of rotatable bonds is 4. The molecule has 0 aromatic carbocycles. The van der Waals surface area contributed by atoms with Crippen LogP contribution in [0.1, 0.15) is 58.8 Å². The lowest BCUT2D eigenvalue weighted by atomic mass is 9.98. The van der Waals surface area contributed by atoms with Crippen LogP contribution in [-0.2, 0) is 0 Å². The van der Waals surface area contributed by atoms with E-state index in [2.05, 4.69) is 29.0 Å². The van der Waals surface area contributed by atoms with Gasteiger partial charge in [0.1, 0.15) is 0 Å². The highest BCUT2D eigenvalue weighted by Crippen LogP contribution is 2.21. The number of carbonyl (C=O) groups excluding carboxylic acids is 1. The number of urea groups is 1. The van der Waals surface area contributed by atoms with E-state index in [9.17, 15) is 4.79 Å². The number of carbonyl (C=O) groups is 1. The number of piperidine rings is 1. The molecule has 2 saturated heterocycles. The number of likely N-dealkylation sites (tertiary alicyclic amines) is 2. The van der Waals surface area contributed by atoms with Crippen molar-refractivity contribution in [2.75, 3.05) is 32.7 Å². The molecule has 1 unspecified atom stereocenters. The standard InChI is InChI=1S/C17H33N3O/c1-3-10-18-17(21)20-11-6-4-5-7-16(20)14-19-12-8-15(2)9-13-19/h15-16H,3-14H2,1-2H3,(H,18,21). The minimum Gasteiger partial charge on any atom is -0.338 e. The van der Waals surface area contributed by atoms with Gasteiger partial charge in [0.15, 0.2) is 0 Å². The first-order chi connectivity index (χ1) is 10.2. The van der Waals surface area contributed by atoms with Crippen LogP contribution < -0.4 is 5.32 Å². The molecule has 2 rings (SSSR count). The second-order valence-corrected chi connectivity index (χ2v) is 6.91. The van der Waals surface area contributed by atoms with Crippen molar-refractivity contribution in [1.82, 2.24) is 15.1 Å². The summed E-state index contributed by atoms with van der Waals surface area (Å²) in [6, 6.07) is 0.576. The van der Waals surface area contributed by atoms with Crippen LogP contribution in [0.15, 0.2) is 0 Å². The quantitative estimate of drug-likeness (QED) is 0.865. The molecule has 0 radical (unpaired) electrons. The Kier molecular flexibility index (Phi) is 6.81. The second kappa shape index (κ2) is 8.62. The predicted octanol–water partition coefficient (Wildman–Crippen LogP) is 3.08. The van der Waals surface area contributed by atoms with E-state index >= 15 is 0 Å². The third kappa shape index (κ3) is 5.17. The summed E-state index contributed by atoms with van der Waals surface area (Å²) in [5.74, 6) is 0.874. The molecule has 0 spiro atoms. The molecular formula is C17H33N3O. The molecule has 2 aliphatic rings. The maximum atomic E-state index is 12.4. The van der Waals surface area contributed by atoms with Gasteiger partial charge in [-0.15, -0.1) is 0 Å². The first-order valence-electron chi connectivity index (χ1n) is 8.97. The molecule has 122 valence electrons. The summed E-state index contributed by atoms with van der Waals surface area (Å²) < 4.78 is 0. The highest BCUT2D eigenvalue weighted by atomic mass is 16.2. The Morgan fingerprint density at radius 2 is 1.86 bits per heavy atom. The number of hydrogen-bond acceptors (Lipinski definition) is 2. The van der Waals surface area contributed by atoms with Crippen molar-refractivity contribution in [2.45, 2.75) is 64.8 Å². The Hall–Kier alpha value is -0.770. The fourth-order valence-electron chi connectivity index (χ4n) is 3.51. The lowest BCUT2D eigenvalue weighted by molar-refractivity contribution is 0.123. The molecule has 2 amide bonds. The van der Waals surface area contributed by atoms with Crippen molar-refractivity contribution < 1.29 is 4.79 Å². The fourth-order valence-corrected chi connectivity index (χ4v) is 3.51. The highest BCUT2D eigenvalue weighted by Gasteiger charge is 2.28. The minimum absolute atomic E-state index is 0.161. The molecule has 1 atom stereocenters. The van der Waals surface area contributed by atoms with E-state index in [0.29, 0.717) is 6.04 Å². The van der Waals surface area contributed by atoms with E-state index in [1.54, 1.807) is 0 Å². The summed E-state index contributed by atoms with van der Waals surface area (Å²) in [6.07, 6.45) is 8.51. The molecule has 0 aromatic rings. The molecule has 0 bridgehead atoms. The Morgan fingerprint density at radius 1 is 1.10 bits per heavy atom. The molecule has 2 fully saturated rings. The first kappa shape index (κ1) is 16.6. The minimum atomic E-state index is 0.161. The SMILES string of the molecule is CCCNC(=O)N1CCCCCC1CN1CCC(C)CC1. The van der Waals surface area contributed by atoms with Crippen molar-refractivity contribution in [3.8, 4) is 0 Å². The van der Waals surface area contributed by atoms with Gasteiger partial charge in [0.25, 0.3) is 0 Å². The van der Waals surface area contributed by atoms with Gasteiger partial charge in [-0.3, -0.25) is 0 Å². The normalized spacial score (nSPS) is 25.6. The van der Waals surface area contributed by atoms with E-state index in [-0.39, 0.29) is 6.03 Å². The summed E-state index contributed by atoms with van der Waals surface area (Å²) >= 11 is 0. The zero-order valence-corrected chi connectivity index (χ0v) is 13.9. The van der Waals surface area contributed by atoms with Gasteiger partial charge in [0.2, 0.25) is 0 Å². The van der Waals surface area contributed by atoms with Crippen molar-refractivity contribution in [2.24, 2.45) is 5.92 Å². The lowest BCUT2D eigenvalue weighted by Crippen LogP contribution is -2.51.